The van der Waals surface area contributed by atoms with E-state index in [1.165, 1.54) is 0 Å². The molecular formula is C5H14NO2P. The summed E-state index contributed by atoms with van der Waals surface area (Å²) < 4.78 is 0. The summed E-state index contributed by atoms with van der Waals surface area (Å²) in [5.41, 5.74) is -0.279. The van der Waals surface area contributed by atoms with Gasteiger partial charge in [-0.2, -0.15) is 0 Å². The minimum absolute atomic E-state index is 0.279. The molecule has 0 saturated heterocycles. The summed E-state index contributed by atoms with van der Waals surface area (Å²) in [4.78, 5) is 17.6. The molecule has 0 aromatic rings. The molecule has 0 amide bonds. The Balaban J connectivity index is 3.90. The topological polar surface area (TPSA) is 52.5 Å². The monoisotopic (exact) mass is 151 g/mol. The van der Waals surface area contributed by atoms with Crippen molar-refractivity contribution in [2.24, 2.45) is 0 Å². The first-order valence-electron chi connectivity index (χ1n) is 2.69. The second kappa shape index (κ2) is 2.43. The van der Waals surface area contributed by atoms with E-state index in [4.69, 9.17) is 9.79 Å². The molecule has 3 N–H and O–H groups in total. The summed E-state index contributed by atoms with van der Waals surface area (Å²) in [6, 6.07) is 0. The van der Waals surface area contributed by atoms with Gasteiger partial charge < -0.3 is 9.79 Å². The first-order chi connectivity index (χ1) is 3.71. The van der Waals surface area contributed by atoms with Crippen molar-refractivity contribution in [2.75, 3.05) is 0 Å². The van der Waals surface area contributed by atoms with Crippen molar-refractivity contribution in [3.05, 3.63) is 0 Å². The normalized spacial score (nSPS) is 13.9. The van der Waals surface area contributed by atoms with Gasteiger partial charge in [0.05, 0.1) is 0 Å². The molecule has 3 nitrogen and oxygen atoms in total. The summed E-state index contributed by atoms with van der Waals surface area (Å²) in [6.07, 6.45) is 3.17. The van der Waals surface area contributed by atoms with Crippen LogP contribution < -0.4 is 5.09 Å². The van der Waals surface area contributed by atoms with Crippen LogP contribution in [0.3, 0.4) is 0 Å². The van der Waals surface area contributed by atoms with E-state index in [1.54, 1.807) is 0 Å². The summed E-state index contributed by atoms with van der Waals surface area (Å²) >= 11 is 0. The smallest absolute Gasteiger partial charge is 0.182 e. The Kier molecular flexibility index (Phi) is 2.48. The van der Waals surface area contributed by atoms with E-state index < -0.39 is 7.49 Å². The zero-order chi connectivity index (χ0) is 7.71. The van der Waals surface area contributed by atoms with Gasteiger partial charge in [0.25, 0.3) is 0 Å². The van der Waals surface area contributed by atoms with Crippen LogP contribution in [0.5, 0.6) is 0 Å². The molecule has 0 rings (SSSR count). The summed E-state index contributed by atoms with van der Waals surface area (Å²) in [7, 11) is -3.04. The zero-order valence-electron chi connectivity index (χ0n) is 6.05. The van der Waals surface area contributed by atoms with Crippen molar-refractivity contribution in [2.45, 2.75) is 26.3 Å². The van der Waals surface area contributed by atoms with E-state index >= 15 is 0 Å². The largest absolute Gasteiger partial charge is 0.342 e. The molecule has 9 heavy (non-hydrogen) atoms. The summed E-state index contributed by atoms with van der Waals surface area (Å²) in [5.74, 6) is 0. The van der Waals surface area contributed by atoms with Gasteiger partial charge in [-0.3, -0.25) is 5.09 Å². The van der Waals surface area contributed by atoms with Gasteiger partial charge in [0, 0.05) is 5.54 Å². The third kappa shape index (κ3) is 8.18. The second-order valence-electron chi connectivity index (χ2n) is 3.09. The van der Waals surface area contributed by atoms with Crippen LogP contribution in [-0.4, -0.2) is 21.6 Å². The molecule has 0 aliphatic heterocycles. The fourth-order valence-electron chi connectivity index (χ4n) is 0.537. The molecule has 0 radical (unpaired) electrons. The molecule has 0 atom stereocenters. The van der Waals surface area contributed by atoms with Crippen LogP contribution in [0.25, 0.3) is 0 Å². The first-order valence-corrected chi connectivity index (χ1v) is 4.57. The number of hydrogen-bond donors (Lipinski definition) is 3. The summed E-state index contributed by atoms with van der Waals surface area (Å²) in [5, 5.41) is 2.57. The van der Waals surface area contributed by atoms with E-state index in [0.717, 1.165) is 0 Å². The van der Waals surface area contributed by atoms with Gasteiger partial charge in [0.2, 0.25) is 0 Å². The third-order valence-corrected chi connectivity index (χ3v) is 1.54. The van der Waals surface area contributed by atoms with Gasteiger partial charge in [0.15, 0.2) is 7.49 Å². The highest BCUT2D eigenvalue weighted by atomic mass is 31.2. The van der Waals surface area contributed by atoms with E-state index in [2.05, 4.69) is 11.4 Å². The lowest BCUT2D eigenvalue weighted by atomic mass is 10.1. The van der Waals surface area contributed by atoms with Crippen molar-refractivity contribution in [3.63, 3.8) is 0 Å². The summed E-state index contributed by atoms with van der Waals surface area (Å²) in [6.45, 7) is 5.54. The lowest BCUT2D eigenvalue weighted by Crippen LogP contribution is -2.32. The number of hydrogen-bond acceptors (Lipinski definition) is 3. The second-order valence-corrected chi connectivity index (χ2v) is 4.78. The van der Waals surface area contributed by atoms with E-state index in [9.17, 15) is 0 Å². The molecule has 0 fully saturated rings. The van der Waals surface area contributed by atoms with E-state index in [0.29, 0.717) is 0 Å². The van der Waals surface area contributed by atoms with Crippen molar-refractivity contribution in [1.29, 1.82) is 0 Å². The van der Waals surface area contributed by atoms with Gasteiger partial charge in [-0.15, -0.1) is 0 Å². The third-order valence-electron chi connectivity index (χ3n) is 0.514. The van der Waals surface area contributed by atoms with E-state index in [-0.39, 0.29) is 5.54 Å². The molecule has 0 aromatic heterocycles. The predicted octanol–water partition coefficient (Wildman–Crippen LogP) is 0.554. The Morgan fingerprint density at radius 1 is 1.33 bits per heavy atom. The predicted molar refractivity (Wildman–Crippen MR) is 41.4 cm³/mol. The Labute approximate surface area is 55.9 Å². The molecule has 4 heteroatoms. The first kappa shape index (κ1) is 9.18. The van der Waals surface area contributed by atoms with Gasteiger partial charge >= 0.3 is 0 Å². The van der Waals surface area contributed by atoms with Gasteiger partial charge in [-0.1, -0.05) is 0 Å². The molecule has 0 heterocycles. The average Bonchev–Trinajstić information content (AvgIpc) is 1.14. The van der Waals surface area contributed by atoms with Crippen LogP contribution in [0.2, 0.25) is 0 Å². The standard InChI is InChI=1S/C5H14NO2P/c1-5(2,3)6-9(4,7)8/h6-8H,4H2,1-3H3. The maximum atomic E-state index is 8.80. The number of rotatable bonds is 1. The van der Waals surface area contributed by atoms with Gasteiger partial charge in [0.1, 0.15) is 0 Å². The van der Waals surface area contributed by atoms with E-state index in [1.807, 2.05) is 20.8 Å². The molecule has 0 aromatic carbocycles. The lowest BCUT2D eigenvalue weighted by molar-refractivity contribution is 0.412. The average molecular weight is 151 g/mol. The molecule has 56 valence electrons. The van der Waals surface area contributed by atoms with Gasteiger partial charge in [-0.05, 0) is 27.1 Å². The molecular weight excluding hydrogens is 137 g/mol. The Morgan fingerprint density at radius 2 is 1.67 bits per heavy atom. The van der Waals surface area contributed by atoms with Crippen LogP contribution in [0.1, 0.15) is 20.8 Å². The van der Waals surface area contributed by atoms with Crippen LogP contribution in [0.4, 0.5) is 0 Å². The highest BCUT2D eigenvalue weighted by molar-refractivity contribution is 7.60. The fraction of sp³-hybridized carbons (Fsp3) is 0.800. The van der Waals surface area contributed by atoms with Crippen LogP contribution in [0.15, 0.2) is 0 Å². The molecule has 0 bridgehead atoms. The van der Waals surface area contributed by atoms with Crippen molar-refractivity contribution < 1.29 is 9.79 Å². The number of nitrogens with one attached hydrogen (secondary N) is 1. The van der Waals surface area contributed by atoms with Crippen molar-refractivity contribution in [1.82, 2.24) is 5.09 Å². The molecule has 0 spiro atoms. The maximum absolute atomic E-state index is 8.80. The van der Waals surface area contributed by atoms with Crippen molar-refractivity contribution >= 4 is 13.8 Å². The van der Waals surface area contributed by atoms with Crippen LogP contribution in [0, 0.1) is 0 Å². The zero-order valence-corrected chi connectivity index (χ0v) is 6.94. The molecule has 0 aliphatic carbocycles. The molecule has 0 saturated carbocycles. The van der Waals surface area contributed by atoms with Gasteiger partial charge in [-0.25, -0.2) is 0 Å². The Bertz CT molecular complexity index is 132. The minimum atomic E-state index is -3.04. The lowest BCUT2D eigenvalue weighted by Gasteiger charge is -2.24. The Morgan fingerprint density at radius 3 is 1.67 bits per heavy atom. The molecule has 0 unspecified atom stereocenters. The quantitative estimate of drug-likeness (QED) is 0.480. The Hall–Kier alpha value is 0.180. The maximum Gasteiger partial charge on any atom is 0.182 e. The van der Waals surface area contributed by atoms with Crippen molar-refractivity contribution in [3.8, 4) is 0 Å². The molecule has 0 aliphatic rings. The fourth-order valence-corrected chi connectivity index (χ4v) is 1.61. The minimum Gasteiger partial charge on any atom is -0.342 e. The SMILES string of the molecule is C=P(O)(O)NC(C)(C)C. The highest BCUT2D eigenvalue weighted by Crippen LogP contribution is 2.30. The highest BCUT2D eigenvalue weighted by Gasteiger charge is 2.15. The van der Waals surface area contributed by atoms with Crippen LogP contribution >= 0.6 is 7.49 Å². The van der Waals surface area contributed by atoms with Crippen LogP contribution in [-0.2, 0) is 0 Å².